The molecule has 14 heavy (non-hydrogen) atoms. The molecule has 0 spiro atoms. The summed E-state index contributed by atoms with van der Waals surface area (Å²) in [6, 6.07) is 7.59. The van der Waals surface area contributed by atoms with E-state index in [-0.39, 0.29) is 5.97 Å². The third-order valence-corrected chi connectivity index (χ3v) is 2.22. The lowest BCUT2D eigenvalue weighted by Crippen LogP contribution is -2.05. The topological polar surface area (TPSA) is 26.3 Å². The van der Waals surface area contributed by atoms with Crippen LogP contribution in [0.3, 0.4) is 0 Å². The van der Waals surface area contributed by atoms with Crippen molar-refractivity contribution in [1.82, 2.24) is 0 Å². The molecule has 0 aliphatic heterocycles. The van der Waals surface area contributed by atoms with Gasteiger partial charge in [0.15, 0.2) is 0 Å². The number of esters is 1. The highest BCUT2D eigenvalue weighted by Crippen LogP contribution is 2.13. The number of alkyl halides is 1. The van der Waals surface area contributed by atoms with Crippen LogP contribution >= 0.6 is 15.9 Å². The van der Waals surface area contributed by atoms with Gasteiger partial charge in [0.1, 0.15) is 5.75 Å². The Kier molecular flexibility index (Phi) is 4.66. The first kappa shape index (κ1) is 11.2. The highest BCUT2D eigenvalue weighted by atomic mass is 79.9. The van der Waals surface area contributed by atoms with Crippen LogP contribution in [0, 0.1) is 0 Å². The molecule has 0 aliphatic carbocycles. The van der Waals surface area contributed by atoms with E-state index in [1.807, 2.05) is 24.3 Å². The van der Waals surface area contributed by atoms with Crippen molar-refractivity contribution >= 4 is 21.9 Å². The van der Waals surface area contributed by atoms with Crippen molar-refractivity contribution in [3.05, 3.63) is 29.8 Å². The van der Waals surface area contributed by atoms with Crippen molar-refractivity contribution in [3.8, 4) is 5.75 Å². The summed E-state index contributed by atoms with van der Waals surface area (Å²) in [7, 11) is 0. The van der Waals surface area contributed by atoms with Gasteiger partial charge in [0.25, 0.3) is 0 Å². The number of ether oxygens (including phenoxy) is 1. The molecule has 1 aromatic carbocycles. The normalized spacial score (nSPS) is 9.86. The maximum Gasteiger partial charge on any atom is 0.310 e. The van der Waals surface area contributed by atoms with E-state index in [0.717, 1.165) is 11.8 Å². The van der Waals surface area contributed by atoms with Gasteiger partial charge in [-0.3, -0.25) is 4.79 Å². The van der Waals surface area contributed by atoms with Crippen LogP contribution < -0.4 is 4.74 Å². The minimum atomic E-state index is -0.196. The van der Waals surface area contributed by atoms with Crippen LogP contribution in [0.15, 0.2) is 24.3 Å². The molecule has 2 nitrogen and oxygen atoms in total. The molecule has 3 heteroatoms. The fraction of sp³-hybridized carbons (Fsp3) is 0.364. The first-order valence-electron chi connectivity index (χ1n) is 4.62. The van der Waals surface area contributed by atoms with Crippen molar-refractivity contribution in [2.45, 2.75) is 19.8 Å². The molecule has 1 aromatic rings. The summed E-state index contributed by atoms with van der Waals surface area (Å²) in [5.41, 5.74) is 1.23. The zero-order valence-corrected chi connectivity index (χ0v) is 9.71. The predicted octanol–water partition coefficient (Wildman–Crippen LogP) is 2.94. The summed E-state index contributed by atoms with van der Waals surface area (Å²) in [6.45, 7) is 1.78. The van der Waals surface area contributed by atoms with Gasteiger partial charge in [-0.2, -0.15) is 0 Å². The zero-order valence-electron chi connectivity index (χ0n) is 8.13. The van der Waals surface area contributed by atoms with E-state index >= 15 is 0 Å². The quantitative estimate of drug-likeness (QED) is 0.471. The number of hydrogen-bond donors (Lipinski definition) is 0. The van der Waals surface area contributed by atoms with Gasteiger partial charge in [0.2, 0.25) is 0 Å². The highest BCUT2D eigenvalue weighted by molar-refractivity contribution is 9.09. The third kappa shape index (κ3) is 3.50. The lowest BCUT2D eigenvalue weighted by Gasteiger charge is -2.03. The molecular formula is C11H13BrO2. The van der Waals surface area contributed by atoms with Gasteiger partial charge in [-0.1, -0.05) is 35.0 Å². The minimum Gasteiger partial charge on any atom is -0.427 e. The van der Waals surface area contributed by atoms with Gasteiger partial charge in [-0.25, -0.2) is 0 Å². The monoisotopic (exact) mass is 256 g/mol. The average molecular weight is 257 g/mol. The van der Waals surface area contributed by atoms with Crippen LogP contribution in [0.1, 0.15) is 18.9 Å². The summed E-state index contributed by atoms with van der Waals surface area (Å²) in [5, 5.41) is 0.946. The number of hydrogen-bond acceptors (Lipinski definition) is 2. The van der Waals surface area contributed by atoms with Crippen molar-refractivity contribution in [1.29, 1.82) is 0 Å². The Morgan fingerprint density at radius 2 is 2.00 bits per heavy atom. The van der Waals surface area contributed by atoms with Gasteiger partial charge in [0.05, 0.1) is 0 Å². The van der Waals surface area contributed by atoms with E-state index in [2.05, 4.69) is 15.9 Å². The van der Waals surface area contributed by atoms with Crippen LogP contribution in [0.2, 0.25) is 0 Å². The highest BCUT2D eigenvalue weighted by Gasteiger charge is 2.00. The Hall–Kier alpha value is -0.830. The summed E-state index contributed by atoms with van der Waals surface area (Å²) in [6.07, 6.45) is 1.39. The number of aryl methyl sites for hydroxylation is 1. The summed E-state index contributed by atoms with van der Waals surface area (Å²) >= 11 is 3.37. The van der Waals surface area contributed by atoms with E-state index < -0.39 is 0 Å². The first-order chi connectivity index (χ1) is 6.76. The lowest BCUT2D eigenvalue weighted by molar-refractivity contribution is -0.134. The Morgan fingerprint density at radius 3 is 2.50 bits per heavy atom. The summed E-state index contributed by atoms with van der Waals surface area (Å²) in [5.74, 6) is 0.424. The molecule has 0 aliphatic rings. The van der Waals surface area contributed by atoms with Crippen LogP contribution in [0.25, 0.3) is 0 Å². The van der Waals surface area contributed by atoms with Crippen molar-refractivity contribution < 1.29 is 9.53 Å². The fourth-order valence-electron chi connectivity index (χ4n) is 1.04. The second-order valence-corrected chi connectivity index (χ2v) is 3.70. The minimum absolute atomic E-state index is 0.196. The number of benzene rings is 1. The van der Waals surface area contributed by atoms with Gasteiger partial charge in [-0.05, 0) is 24.1 Å². The molecule has 0 amide bonds. The van der Waals surface area contributed by atoms with Crippen LogP contribution in [-0.4, -0.2) is 11.3 Å². The number of carbonyl (C=O) groups excluding carboxylic acids is 1. The second-order valence-electron chi connectivity index (χ2n) is 2.91. The molecule has 0 saturated heterocycles. The average Bonchev–Trinajstić information content (AvgIpc) is 2.21. The molecule has 0 heterocycles. The molecule has 0 atom stereocenters. The standard InChI is InChI=1S/C11H13BrO2/c1-2-11(13)14-10-5-3-9(4-6-10)7-8-12/h3-6H,2,7-8H2,1H3. The largest absolute Gasteiger partial charge is 0.427 e. The predicted molar refractivity (Wildman–Crippen MR) is 59.9 cm³/mol. The maximum atomic E-state index is 11.0. The molecule has 0 radical (unpaired) electrons. The zero-order chi connectivity index (χ0) is 10.4. The fourth-order valence-corrected chi connectivity index (χ4v) is 1.49. The van der Waals surface area contributed by atoms with E-state index in [4.69, 9.17) is 4.74 Å². The molecule has 0 unspecified atom stereocenters. The molecule has 0 aromatic heterocycles. The number of halogens is 1. The van der Waals surface area contributed by atoms with Gasteiger partial charge >= 0.3 is 5.97 Å². The molecule has 76 valence electrons. The summed E-state index contributed by atoms with van der Waals surface area (Å²) in [4.78, 5) is 11.0. The Morgan fingerprint density at radius 1 is 1.36 bits per heavy atom. The number of carbonyl (C=O) groups is 1. The van der Waals surface area contributed by atoms with Crippen molar-refractivity contribution in [3.63, 3.8) is 0 Å². The molecule has 1 rings (SSSR count). The van der Waals surface area contributed by atoms with E-state index in [1.54, 1.807) is 6.92 Å². The SMILES string of the molecule is CCC(=O)Oc1ccc(CCBr)cc1. The Balaban J connectivity index is 2.59. The third-order valence-electron chi connectivity index (χ3n) is 1.83. The molecular weight excluding hydrogens is 244 g/mol. The van der Waals surface area contributed by atoms with Gasteiger partial charge in [0, 0.05) is 11.8 Å². The van der Waals surface area contributed by atoms with Crippen molar-refractivity contribution in [2.24, 2.45) is 0 Å². The lowest BCUT2D eigenvalue weighted by atomic mass is 10.2. The number of rotatable bonds is 4. The molecule has 0 bridgehead atoms. The van der Waals surface area contributed by atoms with Crippen LogP contribution in [0.4, 0.5) is 0 Å². The molecule has 0 saturated carbocycles. The second kappa shape index (κ2) is 5.81. The van der Waals surface area contributed by atoms with E-state index in [1.165, 1.54) is 5.56 Å². The van der Waals surface area contributed by atoms with Gasteiger partial charge < -0.3 is 4.74 Å². The smallest absolute Gasteiger partial charge is 0.310 e. The van der Waals surface area contributed by atoms with Crippen LogP contribution in [-0.2, 0) is 11.2 Å². The van der Waals surface area contributed by atoms with E-state index in [0.29, 0.717) is 12.2 Å². The summed E-state index contributed by atoms with van der Waals surface area (Å²) < 4.78 is 5.05. The van der Waals surface area contributed by atoms with E-state index in [9.17, 15) is 4.79 Å². The first-order valence-corrected chi connectivity index (χ1v) is 5.74. The van der Waals surface area contributed by atoms with Crippen molar-refractivity contribution in [2.75, 3.05) is 5.33 Å². The molecule has 0 fully saturated rings. The molecule has 0 N–H and O–H groups in total. The van der Waals surface area contributed by atoms with Crippen LogP contribution in [0.5, 0.6) is 5.75 Å². The Bertz CT molecular complexity index is 293. The maximum absolute atomic E-state index is 11.0. The van der Waals surface area contributed by atoms with Gasteiger partial charge in [-0.15, -0.1) is 0 Å². The Labute approximate surface area is 92.4 Å².